The van der Waals surface area contributed by atoms with Crippen LogP contribution in [-0.4, -0.2) is 33.8 Å². The first kappa shape index (κ1) is 15.6. The number of nitrogens with one attached hydrogen (secondary N) is 1. The Bertz CT molecular complexity index is 437. The summed E-state index contributed by atoms with van der Waals surface area (Å²) in [5, 5.41) is 3.70. The van der Waals surface area contributed by atoms with Crippen molar-refractivity contribution in [2.75, 3.05) is 27.9 Å². The van der Waals surface area contributed by atoms with Gasteiger partial charge in [0.2, 0.25) is 0 Å². The molecule has 19 heavy (non-hydrogen) atoms. The minimum absolute atomic E-state index is 0.245. The first-order valence-corrected chi connectivity index (χ1v) is 6.18. The molecule has 1 N–H and O–H groups in total. The Labute approximate surface area is 117 Å². The highest BCUT2D eigenvalue weighted by atomic mass is 35.5. The number of hydrogen-bond acceptors (Lipinski definition) is 5. The molecule has 106 valence electrons. The van der Waals surface area contributed by atoms with Gasteiger partial charge in [0, 0.05) is 24.2 Å². The lowest BCUT2D eigenvalue weighted by atomic mass is 10.2. The number of esters is 1. The third kappa shape index (κ3) is 4.61. The molecule has 0 saturated carbocycles. The average molecular weight is 288 g/mol. The van der Waals surface area contributed by atoms with Crippen molar-refractivity contribution < 1.29 is 19.0 Å². The zero-order valence-corrected chi connectivity index (χ0v) is 12.0. The standard InChI is InChI=1S/C13H18ClNO4/c1-17-11-6-9(10(14)7-12(11)18-2)8-15-5-4-13(16)19-3/h6-7,15H,4-5,8H2,1-3H3. The molecule has 0 saturated heterocycles. The Morgan fingerprint density at radius 2 is 1.84 bits per heavy atom. The Morgan fingerprint density at radius 1 is 1.21 bits per heavy atom. The Hall–Kier alpha value is -1.46. The zero-order chi connectivity index (χ0) is 14.3. The number of rotatable bonds is 7. The van der Waals surface area contributed by atoms with Crippen LogP contribution >= 0.6 is 11.6 Å². The van der Waals surface area contributed by atoms with Crippen LogP contribution in [0.2, 0.25) is 5.02 Å². The Kier molecular flexibility index (Phi) is 6.45. The first-order chi connectivity index (χ1) is 9.12. The molecule has 1 aromatic carbocycles. The Morgan fingerprint density at radius 3 is 2.42 bits per heavy atom. The fourth-order valence-electron chi connectivity index (χ4n) is 1.55. The van der Waals surface area contributed by atoms with Crippen LogP contribution in [0.3, 0.4) is 0 Å². The highest BCUT2D eigenvalue weighted by Gasteiger charge is 2.09. The summed E-state index contributed by atoms with van der Waals surface area (Å²) in [5.41, 5.74) is 0.879. The number of benzene rings is 1. The molecule has 1 aromatic rings. The van der Waals surface area contributed by atoms with E-state index < -0.39 is 0 Å². The van der Waals surface area contributed by atoms with Crippen LogP contribution in [0, 0.1) is 0 Å². The van der Waals surface area contributed by atoms with E-state index in [9.17, 15) is 4.79 Å². The molecule has 0 aliphatic carbocycles. The second kappa shape index (κ2) is 7.86. The summed E-state index contributed by atoms with van der Waals surface area (Å²) in [5.74, 6) is 0.966. The molecule has 1 rings (SSSR count). The van der Waals surface area contributed by atoms with E-state index >= 15 is 0 Å². The van der Waals surface area contributed by atoms with Crippen LogP contribution in [0.4, 0.5) is 0 Å². The van der Waals surface area contributed by atoms with Gasteiger partial charge in [-0.05, 0) is 11.6 Å². The van der Waals surface area contributed by atoms with Crippen molar-refractivity contribution in [1.82, 2.24) is 5.32 Å². The van der Waals surface area contributed by atoms with Gasteiger partial charge in [0.15, 0.2) is 11.5 Å². The van der Waals surface area contributed by atoms with Gasteiger partial charge in [-0.15, -0.1) is 0 Å². The van der Waals surface area contributed by atoms with Gasteiger partial charge in [-0.25, -0.2) is 0 Å². The van der Waals surface area contributed by atoms with Crippen molar-refractivity contribution >= 4 is 17.6 Å². The summed E-state index contributed by atoms with van der Waals surface area (Å²) < 4.78 is 14.9. The van der Waals surface area contributed by atoms with Crippen LogP contribution in [0.5, 0.6) is 11.5 Å². The highest BCUT2D eigenvalue weighted by Crippen LogP contribution is 2.32. The summed E-state index contributed by atoms with van der Waals surface area (Å²) in [6, 6.07) is 3.52. The van der Waals surface area contributed by atoms with Gasteiger partial charge >= 0.3 is 5.97 Å². The molecule has 0 fully saturated rings. The average Bonchev–Trinajstić information content (AvgIpc) is 2.43. The van der Waals surface area contributed by atoms with E-state index in [0.717, 1.165) is 5.56 Å². The van der Waals surface area contributed by atoms with Crippen molar-refractivity contribution in [3.8, 4) is 11.5 Å². The topological polar surface area (TPSA) is 56.8 Å². The molecule has 0 aliphatic rings. The molecule has 6 heteroatoms. The van der Waals surface area contributed by atoms with Crippen molar-refractivity contribution in [3.05, 3.63) is 22.7 Å². The van der Waals surface area contributed by atoms with E-state index in [1.165, 1.54) is 7.11 Å². The molecule has 0 heterocycles. The maximum absolute atomic E-state index is 10.9. The van der Waals surface area contributed by atoms with Gasteiger partial charge in [0.05, 0.1) is 27.8 Å². The largest absolute Gasteiger partial charge is 0.493 e. The molecule has 0 radical (unpaired) electrons. The van der Waals surface area contributed by atoms with E-state index in [-0.39, 0.29) is 5.97 Å². The van der Waals surface area contributed by atoms with E-state index in [1.54, 1.807) is 20.3 Å². The van der Waals surface area contributed by atoms with Crippen LogP contribution in [0.15, 0.2) is 12.1 Å². The maximum Gasteiger partial charge on any atom is 0.306 e. The predicted octanol–water partition coefficient (Wildman–Crippen LogP) is 2.01. The quantitative estimate of drug-likeness (QED) is 0.614. The lowest BCUT2D eigenvalue weighted by molar-refractivity contribution is -0.140. The van der Waals surface area contributed by atoms with Crippen LogP contribution in [0.25, 0.3) is 0 Å². The fraction of sp³-hybridized carbons (Fsp3) is 0.462. The third-order valence-electron chi connectivity index (χ3n) is 2.60. The summed E-state index contributed by atoms with van der Waals surface area (Å²) in [6.45, 7) is 1.06. The highest BCUT2D eigenvalue weighted by molar-refractivity contribution is 6.31. The van der Waals surface area contributed by atoms with Gasteiger partial charge in [-0.2, -0.15) is 0 Å². The zero-order valence-electron chi connectivity index (χ0n) is 11.3. The molecular formula is C13H18ClNO4. The summed E-state index contributed by atoms with van der Waals surface area (Å²) >= 11 is 6.14. The molecule has 0 aromatic heterocycles. The second-order valence-electron chi connectivity index (χ2n) is 3.80. The predicted molar refractivity (Wildman–Crippen MR) is 72.9 cm³/mol. The van der Waals surface area contributed by atoms with Gasteiger partial charge in [-0.3, -0.25) is 4.79 Å². The normalized spacial score (nSPS) is 10.1. The van der Waals surface area contributed by atoms with Crippen LogP contribution in [0.1, 0.15) is 12.0 Å². The number of carbonyl (C=O) groups is 1. The summed E-state index contributed by atoms with van der Waals surface area (Å²) in [4.78, 5) is 10.9. The lowest BCUT2D eigenvalue weighted by Crippen LogP contribution is -2.18. The Balaban J connectivity index is 2.60. The van der Waals surface area contributed by atoms with Crippen LogP contribution < -0.4 is 14.8 Å². The van der Waals surface area contributed by atoms with E-state index in [1.807, 2.05) is 6.07 Å². The van der Waals surface area contributed by atoms with Gasteiger partial charge in [0.25, 0.3) is 0 Å². The molecule has 0 amide bonds. The summed E-state index contributed by atoms with van der Waals surface area (Å²) in [7, 11) is 4.50. The lowest BCUT2D eigenvalue weighted by Gasteiger charge is -2.12. The minimum atomic E-state index is -0.245. The third-order valence-corrected chi connectivity index (χ3v) is 2.95. The van der Waals surface area contributed by atoms with Crippen molar-refractivity contribution in [2.45, 2.75) is 13.0 Å². The first-order valence-electron chi connectivity index (χ1n) is 5.80. The van der Waals surface area contributed by atoms with E-state index in [4.69, 9.17) is 21.1 Å². The minimum Gasteiger partial charge on any atom is -0.493 e. The SMILES string of the molecule is COC(=O)CCNCc1cc(OC)c(OC)cc1Cl. The fourth-order valence-corrected chi connectivity index (χ4v) is 1.77. The molecule has 0 spiro atoms. The van der Waals surface area contributed by atoms with Crippen molar-refractivity contribution in [2.24, 2.45) is 0 Å². The monoisotopic (exact) mass is 287 g/mol. The number of methoxy groups -OCH3 is 3. The summed E-state index contributed by atoms with van der Waals surface area (Å²) in [6.07, 6.45) is 0.321. The number of hydrogen-bond donors (Lipinski definition) is 1. The molecule has 0 unspecified atom stereocenters. The van der Waals surface area contributed by atoms with Gasteiger partial charge in [0.1, 0.15) is 0 Å². The smallest absolute Gasteiger partial charge is 0.306 e. The number of ether oxygens (including phenoxy) is 3. The number of halogens is 1. The molecule has 0 atom stereocenters. The molecule has 0 aliphatic heterocycles. The molecular weight excluding hydrogens is 270 g/mol. The van der Waals surface area contributed by atoms with E-state index in [2.05, 4.69) is 10.1 Å². The van der Waals surface area contributed by atoms with E-state index in [0.29, 0.717) is 36.0 Å². The van der Waals surface area contributed by atoms with Crippen LogP contribution in [-0.2, 0) is 16.1 Å². The number of carbonyl (C=O) groups excluding carboxylic acids is 1. The van der Waals surface area contributed by atoms with Crippen molar-refractivity contribution in [1.29, 1.82) is 0 Å². The molecule has 0 bridgehead atoms. The maximum atomic E-state index is 10.9. The second-order valence-corrected chi connectivity index (χ2v) is 4.21. The van der Waals surface area contributed by atoms with Gasteiger partial charge < -0.3 is 19.5 Å². The van der Waals surface area contributed by atoms with Crippen molar-refractivity contribution in [3.63, 3.8) is 0 Å². The molecule has 5 nitrogen and oxygen atoms in total. The van der Waals surface area contributed by atoms with Gasteiger partial charge in [-0.1, -0.05) is 11.6 Å².